The molecule has 0 bridgehead atoms. The van der Waals surface area contributed by atoms with Gasteiger partial charge < -0.3 is 9.84 Å². The molecule has 0 saturated heterocycles. The number of hydrogen-bond acceptors (Lipinski definition) is 3. The molecular formula is C14H11FO3. The number of esters is 1. The summed E-state index contributed by atoms with van der Waals surface area (Å²) in [5.41, 5.74) is 1.23. The number of halogens is 1. The van der Waals surface area contributed by atoms with Crippen LogP contribution >= 0.6 is 0 Å². The zero-order chi connectivity index (χ0) is 13.1. The van der Waals surface area contributed by atoms with E-state index in [0.717, 1.165) is 0 Å². The molecule has 2 aromatic rings. The fourth-order valence-electron chi connectivity index (χ4n) is 1.68. The van der Waals surface area contributed by atoms with E-state index in [1.807, 2.05) is 0 Å². The summed E-state index contributed by atoms with van der Waals surface area (Å²) in [7, 11) is 1.29. The van der Waals surface area contributed by atoms with Crippen molar-refractivity contribution in [3.63, 3.8) is 0 Å². The second-order valence-corrected chi connectivity index (χ2v) is 3.71. The highest BCUT2D eigenvalue weighted by atomic mass is 19.1. The first kappa shape index (κ1) is 12.1. The minimum Gasteiger partial charge on any atom is -0.504 e. The van der Waals surface area contributed by atoms with Crippen molar-refractivity contribution >= 4 is 5.97 Å². The average Bonchev–Trinajstić information content (AvgIpc) is 2.41. The maximum atomic E-state index is 13.2. The minimum atomic E-state index is -0.698. The lowest BCUT2D eigenvalue weighted by Gasteiger charge is -2.07. The monoisotopic (exact) mass is 246 g/mol. The Bertz CT molecular complexity index is 593. The molecule has 0 aromatic heterocycles. The van der Waals surface area contributed by atoms with E-state index in [4.69, 9.17) is 0 Å². The van der Waals surface area contributed by atoms with Crippen molar-refractivity contribution in [1.29, 1.82) is 0 Å². The van der Waals surface area contributed by atoms with Crippen molar-refractivity contribution in [2.24, 2.45) is 0 Å². The molecule has 0 radical (unpaired) electrons. The Morgan fingerprint density at radius 2 is 1.94 bits per heavy atom. The SMILES string of the molecule is COC(=O)c1cccc(-c2cccc(F)c2O)c1. The van der Waals surface area contributed by atoms with Gasteiger partial charge in [0.2, 0.25) is 0 Å². The third-order valence-electron chi connectivity index (χ3n) is 2.58. The lowest BCUT2D eigenvalue weighted by Crippen LogP contribution is -2.00. The number of phenols is 1. The summed E-state index contributed by atoms with van der Waals surface area (Å²) in [5, 5.41) is 9.65. The first-order chi connectivity index (χ1) is 8.63. The van der Waals surface area contributed by atoms with Crippen molar-refractivity contribution in [2.75, 3.05) is 7.11 Å². The molecule has 0 atom stereocenters. The average molecular weight is 246 g/mol. The van der Waals surface area contributed by atoms with Crippen LogP contribution in [0.25, 0.3) is 11.1 Å². The van der Waals surface area contributed by atoms with Gasteiger partial charge in [0.25, 0.3) is 0 Å². The standard InChI is InChI=1S/C14H11FO3/c1-18-14(17)10-5-2-4-9(8-10)11-6-3-7-12(15)13(11)16/h2-8,16H,1H3. The summed E-state index contributed by atoms with van der Waals surface area (Å²) in [5.74, 6) is -1.61. The van der Waals surface area contributed by atoms with Gasteiger partial charge in [-0.3, -0.25) is 0 Å². The van der Waals surface area contributed by atoms with Gasteiger partial charge in [0.15, 0.2) is 11.6 Å². The summed E-state index contributed by atoms with van der Waals surface area (Å²) in [6.45, 7) is 0. The van der Waals surface area contributed by atoms with Gasteiger partial charge in [-0.05, 0) is 23.8 Å². The summed E-state index contributed by atoms with van der Waals surface area (Å²) in [6, 6.07) is 10.7. The molecular weight excluding hydrogens is 235 g/mol. The molecule has 2 aromatic carbocycles. The Morgan fingerprint density at radius 1 is 1.22 bits per heavy atom. The second-order valence-electron chi connectivity index (χ2n) is 3.71. The molecule has 0 aliphatic carbocycles. The van der Waals surface area contributed by atoms with Crippen LogP contribution in [0.1, 0.15) is 10.4 Å². The van der Waals surface area contributed by atoms with Crippen LogP contribution in [-0.4, -0.2) is 18.2 Å². The van der Waals surface area contributed by atoms with Crippen LogP contribution < -0.4 is 0 Å². The van der Waals surface area contributed by atoms with Crippen LogP contribution in [0.3, 0.4) is 0 Å². The molecule has 0 spiro atoms. The van der Waals surface area contributed by atoms with E-state index < -0.39 is 17.5 Å². The third kappa shape index (κ3) is 2.18. The first-order valence-corrected chi connectivity index (χ1v) is 5.29. The zero-order valence-corrected chi connectivity index (χ0v) is 9.68. The van der Waals surface area contributed by atoms with Crippen LogP contribution in [0.2, 0.25) is 0 Å². The van der Waals surface area contributed by atoms with E-state index in [1.54, 1.807) is 30.3 Å². The first-order valence-electron chi connectivity index (χ1n) is 5.29. The van der Waals surface area contributed by atoms with Gasteiger partial charge in [-0.15, -0.1) is 0 Å². The summed E-state index contributed by atoms with van der Waals surface area (Å²) >= 11 is 0. The van der Waals surface area contributed by atoms with Crippen LogP contribution in [0.4, 0.5) is 4.39 Å². The molecule has 92 valence electrons. The number of rotatable bonds is 2. The number of methoxy groups -OCH3 is 1. The molecule has 3 nitrogen and oxygen atoms in total. The summed E-state index contributed by atoms with van der Waals surface area (Å²) in [6.07, 6.45) is 0. The van der Waals surface area contributed by atoms with Crippen molar-refractivity contribution in [2.45, 2.75) is 0 Å². The van der Waals surface area contributed by atoms with Crippen LogP contribution in [0, 0.1) is 5.82 Å². The van der Waals surface area contributed by atoms with Gasteiger partial charge in [-0.25, -0.2) is 9.18 Å². The maximum Gasteiger partial charge on any atom is 0.337 e. The lowest BCUT2D eigenvalue weighted by atomic mass is 10.0. The molecule has 0 aliphatic rings. The van der Waals surface area contributed by atoms with E-state index in [1.165, 1.54) is 19.2 Å². The Hall–Kier alpha value is -2.36. The molecule has 0 saturated carbocycles. The summed E-state index contributed by atoms with van der Waals surface area (Å²) in [4.78, 5) is 11.4. The van der Waals surface area contributed by atoms with E-state index in [0.29, 0.717) is 16.7 Å². The van der Waals surface area contributed by atoms with E-state index in [9.17, 15) is 14.3 Å². The van der Waals surface area contributed by atoms with E-state index >= 15 is 0 Å². The number of carbonyl (C=O) groups excluding carboxylic acids is 1. The molecule has 18 heavy (non-hydrogen) atoms. The van der Waals surface area contributed by atoms with Gasteiger partial charge in [0.1, 0.15) is 0 Å². The number of aromatic hydroxyl groups is 1. The normalized spacial score (nSPS) is 10.1. The highest BCUT2D eigenvalue weighted by molar-refractivity contribution is 5.91. The Kier molecular flexibility index (Phi) is 3.28. The number of benzene rings is 2. The Labute approximate surface area is 103 Å². The Balaban J connectivity index is 2.51. The summed E-state index contributed by atoms with van der Waals surface area (Å²) < 4.78 is 17.9. The molecule has 1 N–H and O–H groups in total. The number of carbonyl (C=O) groups is 1. The molecule has 2 rings (SSSR count). The van der Waals surface area contributed by atoms with Crippen molar-refractivity contribution in [3.05, 3.63) is 53.8 Å². The Morgan fingerprint density at radius 3 is 2.67 bits per heavy atom. The van der Waals surface area contributed by atoms with E-state index in [-0.39, 0.29) is 0 Å². The molecule has 0 amide bonds. The highest BCUT2D eigenvalue weighted by Gasteiger charge is 2.11. The zero-order valence-electron chi connectivity index (χ0n) is 9.68. The third-order valence-corrected chi connectivity index (χ3v) is 2.58. The minimum absolute atomic E-state index is 0.334. The number of hydrogen-bond donors (Lipinski definition) is 1. The molecule has 4 heteroatoms. The predicted octanol–water partition coefficient (Wildman–Crippen LogP) is 2.98. The number of phenolic OH excluding ortho intramolecular Hbond substituents is 1. The van der Waals surface area contributed by atoms with Gasteiger partial charge in [0, 0.05) is 5.56 Å². The van der Waals surface area contributed by atoms with Crippen molar-refractivity contribution < 1.29 is 19.0 Å². The van der Waals surface area contributed by atoms with E-state index in [2.05, 4.69) is 4.74 Å². The van der Waals surface area contributed by atoms with Crippen molar-refractivity contribution in [1.82, 2.24) is 0 Å². The smallest absolute Gasteiger partial charge is 0.337 e. The van der Waals surface area contributed by atoms with Gasteiger partial charge >= 0.3 is 5.97 Å². The van der Waals surface area contributed by atoms with Crippen LogP contribution in [-0.2, 0) is 4.74 Å². The second kappa shape index (κ2) is 4.87. The number of para-hydroxylation sites is 1. The fraction of sp³-hybridized carbons (Fsp3) is 0.0714. The molecule has 0 heterocycles. The topological polar surface area (TPSA) is 46.5 Å². The van der Waals surface area contributed by atoms with Gasteiger partial charge in [-0.2, -0.15) is 0 Å². The van der Waals surface area contributed by atoms with Crippen LogP contribution in [0.15, 0.2) is 42.5 Å². The van der Waals surface area contributed by atoms with Gasteiger partial charge in [-0.1, -0.05) is 24.3 Å². The van der Waals surface area contributed by atoms with Crippen molar-refractivity contribution in [3.8, 4) is 16.9 Å². The van der Waals surface area contributed by atoms with Crippen LogP contribution in [0.5, 0.6) is 5.75 Å². The maximum absolute atomic E-state index is 13.2. The number of ether oxygens (including phenoxy) is 1. The van der Waals surface area contributed by atoms with Gasteiger partial charge in [0.05, 0.1) is 12.7 Å². The molecule has 0 unspecified atom stereocenters. The molecule has 0 fully saturated rings. The predicted molar refractivity (Wildman–Crippen MR) is 64.8 cm³/mol. The largest absolute Gasteiger partial charge is 0.504 e. The molecule has 0 aliphatic heterocycles. The quantitative estimate of drug-likeness (QED) is 0.828. The lowest BCUT2D eigenvalue weighted by molar-refractivity contribution is 0.0601. The fourth-order valence-corrected chi connectivity index (χ4v) is 1.68. The highest BCUT2D eigenvalue weighted by Crippen LogP contribution is 2.31.